The summed E-state index contributed by atoms with van der Waals surface area (Å²) in [7, 11) is 0. The maximum atomic E-state index is 14.8. The lowest BCUT2D eigenvalue weighted by atomic mass is 9.32. The Morgan fingerprint density at radius 3 is 2.65 bits per heavy atom. The first kappa shape index (κ1) is 30.8. The first-order valence-corrected chi connectivity index (χ1v) is 16.7. The van der Waals surface area contributed by atoms with Crippen LogP contribution in [0.2, 0.25) is 0 Å². The van der Waals surface area contributed by atoms with E-state index in [9.17, 15) is 23.9 Å². The monoisotopic (exact) mass is 650 g/mol. The number of thiazole rings is 1. The molecule has 1 aromatic carbocycles. The Morgan fingerprint density at radius 2 is 1.98 bits per heavy atom. The number of carbonyl (C=O) groups excluding carboxylic acids is 2. The van der Waals surface area contributed by atoms with Gasteiger partial charge in [0, 0.05) is 55.5 Å². The van der Waals surface area contributed by atoms with Crippen molar-refractivity contribution in [3.05, 3.63) is 63.0 Å². The van der Waals surface area contributed by atoms with Crippen LogP contribution in [0.15, 0.2) is 46.0 Å². The Hall–Kier alpha value is -3.84. The zero-order valence-electron chi connectivity index (χ0n) is 26.5. The van der Waals surface area contributed by atoms with Crippen molar-refractivity contribution in [3.63, 3.8) is 0 Å². The Bertz CT molecular complexity index is 1650. The number of urea groups is 1. The fraction of sp³-hybridized carbons (Fsp3) is 0.545. The fourth-order valence-corrected chi connectivity index (χ4v) is 8.80. The predicted octanol–water partition coefficient (Wildman–Crippen LogP) is 3.95. The number of hydrogen-bond acceptors (Lipinski definition) is 9. The van der Waals surface area contributed by atoms with Gasteiger partial charge in [0.2, 0.25) is 0 Å². The number of aliphatic imine (C=N–C) groups is 1. The number of benzene rings is 1. The van der Waals surface area contributed by atoms with Crippen LogP contribution < -0.4 is 5.32 Å². The third kappa shape index (κ3) is 4.56. The zero-order chi connectivity index (χ0) is 32.6. The van der Waals surface area contributed by atoms with Gasteiger partial charge in [-0.2, -0.15) is 0 Å². The highest BCUT2D eigenvalue weighted by atomic mass is 32.1. The molecule has 6 aliphatic rings. The summed E-state index contributed by atoms with van der Waals surface area (Å²) in [5, 5.41) is 15.7. The molecule has 8 rings (SSSR count). The Balaban J connectivity index is 1.14. The van der Waals surface area contributed by atoms with Crippen molar-refractivity contribution in [2.75, 3.05) is 39.3 Å². The van der Waals surface area contributed by atoms with Gasteiger partial charge in [-0.15, -0.1) is 11.3 Å². The molecule has 0 unspecified atom stereocenters. The smallest absolute Gasteiger partial charge is 0.338 e. The lowest BCUT2D eigenvalue weighted by Crippen LogP contribution is -2.79. The zero-order valence-corrected chi connectivity index (χ0v) is 27.3. The molecule has 2 bridgehead atoms. The van der Waals surface area contributed by atoms with Crippen LogP contribution in [-0.4, -0.2) is 99.5 Å². The molecule has 11 nitrogen and oxygen atoms in total. The molecule has 3 aliphatic carbocycles. The molecule has 2 atom stereocenters. The van der Waals surface area contributed by atoms with Gasteiger partial charge in [0.05, 0.1) is 23.6 Å². The molecular weight excluding hydrogens is 611 g/mol. The van der Waals surface area contributed by atoms with Crippen molar-refractivity contribution in [1.29, 1.82) is 0 Å². The van der Waals surface area contributed by atoms with E-state index in [1.165, 1.54) is 17.4 Å². The molecule has 3 saturated carbocycles. The topological polar surface area (TPSA) is 128 Å². The normalized spacial score (nSPS) is 29.1. The minimum Gasteiger partial charge on any atom is -0.481 e. The maximum Gasteiger partial charge on any atom is 0.338 e. The number of halogens is 1. The highest BCUT2D eigenvalue weighted by Gasteiger charge is 2.78. The molecule has 0 radical (unpaired) electrons. The molecule has 2 amide bonds. The van der Waals surface area contributed by atoms with Crippen LogP contribution in [0, 0.1) is 23.6 Å². The van der Waals surface area contributed by atoms with Crippen molar-refractivity contribution >= 4 is 35.1 Å². The quantitative estimate of drug-likeness (QED) is 0.391. The lowest BCUT2D eigenvalue weighted by molar-refractivity contribution is -0.256. The van der Waals surface area contributed by atoms with E-state index in [4.69, 9.17) is 9.73 Å². The summed E-state index contributed by atoms with van der Waals surface area (Å²) >= 11 is 1.42. The second-order valence-corrected chi connectivity index (χ2v) is 14.7. The van der Waals surface area contributed by atoms with E-state index in [1.807, 2.05) is 15.2 Å². The first-order valence-electron chi connectivity index (χ1n) is 15.8. The Kier molecular flexibility index (Phi) is 7.27. The van der Waals surface area contributed by atoms with E-state index in [1.54, 1.807) is 46.0 Å². The number of carboxylic acids is 1. The number of esters is 1. The highest BCUT2D eigenvalue weighted by molar-refractivity contribution is 7.11. The number of carboxylic acid groups (broad SMARTS) is 1. The summed E-state index contributed by atoms with van der Waals surface area (Å²) in [5.41, 5.74) is 0.650. The van der Waals surface area contributed by atoms with Crippen LogP contribution in [0.1, 0.15) is 62.2 Å². The van der Waals surface area contributed by atoms with Crippen LogP contribution in [0.5, 0.6) is 0 Å². The summed E-state index contributed by atoms with van der Waals surface area (Å²) in [5.74, 6) is -1.16. The molecule has 244 valence electrons. The van der Waals surface area contributed by atoms with Crippen LogP contribution >= 0.6 is 11.3 Å². The Morgan fingerprint density at radius 1 is 1.22 bits per heavy atom. The van der Waals surface area contributed by atoms with Crippen LogP contribution in [0.25, 0.3) is 0 Å². The van der Waals surface area contributed by atoms with Crippen molar-refractivity contribution in [1.82, 2.24) is 25.0 Å². The van der Waals surface area contributed by atoms with Crippen molar-refractivity contribution in [3.8, 4) is 0 Å². The summed E-state index contributed by atoms with van der Waals surface area (Å²) in [4.78, 5) is 54.6. The van der Waals surface area contributed by atoms with E-state index in [-0.39, 0.29) is 35.5 Å². The van der Waals surface area contributed by atoms with Gasteiger partial charge in [0.15, 0.2) is 10.8 Å². The van der Waals surface area contributed by atoms with E-state index in [2.05, 4.69) is 15.2 Å². The highest BCUT2D eigenvalue weighted by Crippen LogP contribution is 2.76. The predicted molar refractivity (Wildman–Crippen MR) is 169 cm³/mol. The van der Waals surface area contributed by atoms with Crippen molar-refractivity contribution in [2.24, 2.45) is 15.8 Å². The molecule has 13 heteroatoms. The second-order valence-electron chi connectivity index (χ2n) is 13.8. The van der Waals surface area contributed by atoms with Crippen LogP contribution in [0.3, 0.4) is 0 Å². The van der Waals surface area contributed by atoms with E-state index in [0.717, 1.165) is 19.3 Å². The molecule has 1 aromatic heterocycles. The average Bonchev–Trinajstić information content (AvgIpc) is 3.61. The number of amides is 2. The number of nitrogens with zero attached hydrogens (tertiary/aromatic N) is 5. The molecule has 4 heterocycles. The number of aliphatic carboxylic acids is 1. The number of hydrogen-bond donors (Lipinski definition) is 2. The molecular formula is C33H39FN6O5S. The molecule has 2 saturated heterocycles. The minimum absolute atomic E-state index is 0.0256. The van der Waals surface area contributed by atoms with Crippen LogP contribution in [-0.2, 0) is 14.3 Å². The molecule has 5 fully saturated rings. The van der Waals surface area contributed by atoms with E-state index < -0.39 is 23.4 Å². The van der Waals surface area contributed by atoms with Gasteiger partial charge in [-0.05, 0) is 69.6 Å². The lowest BCUT2D eigenvalue weighted by Gasteiger charge is -2.76. The van der Waals surface area contributed by atoms with E-state index in [0.29, 0.717) is 66.0 Å². The van der Waals surface area contributed by atoms with Crippen molar-refractivity contribution in [2.45, 2.75) is 64.6 Å². The third-order valence-corrected chi connectivity index (χ3v) is 11.9. The summed E-state index contributed by atoms with van der Waals surface area (Å²) in [6, 6.07) is 4.03. The molecule has 2 aromatic rings. The average molecular weight is 651 g/mol. The standard InChI is InChI=1S/C33H39FN6O5S/c1-5-45-28(41)24-23(36-26(27-35-9-12-46-27)37-25(24)21-7-6-8-22(34)19(21)2)15-38-10-11-39-20(13-38)14-40(30(39)44)33-16-32(17-33,18-33)31(3,4)29(42)43/h6-9,12,20,25H,5,10-11,13-18H2,1-4H3,(H,36,37)(H,42,43)/t20-,25-,32?,33?/m0/s1. The van der Waals surface area contributed by atoms with Gasteiger partial charge in [-0.3, -0.25) is 14.7 Å². The van der Waals surface area contributed by atoms with Gasteiger partial charge in [0.1, 0.15) is 11.9 Å². The SMILES string of the molecule is CCOC(=O)C1=C(CN2CCN3C(=O)N(C45CC(C(C)(C)C(=O)O)(C4)C5)C[C@@H]3C2)NC(c2nccs2)=N[C@H]1c1cccc(F)c1C. The fourth-order valence-electron chi connectivity index (χ4n) is 8.21. The number of amidine groups is 1. The van der Waals surface area contributed by atoms with Gasteiger partial charge in [0.25, 0.3) is 0 Å². The summed E-state index contributed by atoms with van der Waals surface area (Å²) < 4.78 is 20.3. The van der Waals surface area contributed by atoms with Gasteiger partial charge < -0.3 is 25.0 Å². The molecule has 2 N–H and O–H groups in total. The van der Waals surface area contributed by atoms with E-state index >= 15 is 0 Å². The van der Waals surface area contributed by atoms with Gasteiger partial charge >= 0.3 is 18.0 Å². The number of nitrogens with one attached hydrogen (secondary N) is 1. The van der Waals surface area contributed by atoms with Crippen LogP contribution in [0.4, 0.5) is 9.18 Å². The maximum absolute atomic E-state index is 14.8. The van der Waals surface area contributed by atoms with Crippen molar-refractivity contribution < 1.29 is 28.6 Å². The largest absolute Gasteiger partial charge is 0.481 e. The molecule has 3 aliphatic heterocycles. The minimum atomic E-state index is -0.818. The number of ether oxygens (including phenoxy) is 1. The first-order chi connectivity index (χ1) is 21.9. The second kappa shape index (κ2) is 10.9. The molecule has 0 spiro atoms. The van der Waals surface area contributed by atoms with Gasteiger partial charge in [-0.25, -0.2) is 19.0 Å². The summed E-state index contributed by atoms with van der Waals surface area (Å²) in [6.07, 6.45) is 3.88. The molecule has 46 heavy (non-hydrogen) atoms. The third-order valence-electron chi connectivity index (χ3n) is 11.1. The van der Waals surface area contributed by atoms with Gasteiger partial charge in [-0.1, -0.05) is 12.1 Å². The number of carbonyl (C=O) groups is 3. The number of fused-ring (bicyclic) bond motifs is 1. The number of aromatic nitrogens is 1. The summed E-state index contributed by atoms with van der Waals surface area (Å²) in [6.45, 7) is 9.94. The Labute approximate surface area is 271 Å². The number of piperazine rings is 1. The number of rotatable bonds is 9.